The highest BCUT2D eigenvalue weighted by Crippen LogP contribution is 2.34. The van der Waals surface area contributed by atoms with Crippen molar-refractivity contribution in [3.05, 3.63) is 34.0 Å². The molecule has 0 fully saturated rings. The molecule has 9 nitrogen and oxygen atoms in total. The number of anilines is 1. The first-order chi connectivity index (χ1) is 13.8. The molecule has 29 heavy (non-hydrogen) atoms. The molecular formula is C18H21NO8S2. The monoisotopic (exact) mass is 443 g/mol. The molecule has 0 saturated heterocycles. The number of hydrogen-bond donors (Lipinski definition) is 1. The standard InChI is InChI=1S/C18H21NO8S2/c1-5-26-11-7-8-13(27-6-2)12(9-11)19-29(22,23)15-10-14(17(20)24-3)28-16(15)18(21)25-4/h7-10,19H,5-6H2,1-4H3. The fourth-order valence-corrected chi connectivity index (χ4v) is 4.91. The van der Waals surface area contributed by atoms with Crippen molar-refractivity contribution in [3.63, 3.8) is 0 Å². The van der Waals surface area contributed by atoms with Crippen LogP contribution in [0.5, 0.6) is 11.5 Å². The van der Waals surface area contributed by atoms with Crippen molar-refractivity contribution in [2.45, 2.75) is 18.7 Å². The van der Waals surface area contributed by atoms with Gasteiger partial charge in [0.1, 0.15) is 26.1 Å². The molecule has 1 aromatic carbocycles. The van der Waals surface area contributed by atoms with E-state index < -0.39 is 26.9 Å². The van der Waals surface area contributed by atoms with Gasteiger partial charge < -0.3 is 18.9 Å². The smallest absolute Gasteiger partial charge is 0.349 e. The number of nitrogens with one attached hydrogen (secondary N) is 1. The Hall–Kier alpha value is -2.79. The van der Waals surface area contributed by atoms with Crippen LogP contribution in [0.4, 0.5) is 5.69 Å². The maximum absolute atomic E-state index is 13.0. The van der Waals surface area contributed by atoms with Crippen molar-refractivity contribution < 1.29 is 37.0 Å². The zero-order valence-electron chi connectivity index (χ0n) is 16.3. The number of benzene rings is 1. The normalized spacial score (nSPS) is 10.9. The van der Waals surface area contributed by atoms with E-state index in [0.29, 0.717) is 30.3 Å². The number of carbonyl (C=O) groups is 2. The minimum atomic E-state index is -4.28. The molecule has 0 radical (unpaired) electrons. The van der Waals surface area contributed by atoms with E-state index >= 15 is 0 Å². The number of ether oxygens (including phenoxy) is 4. The minimum Gasteiger partial charge on any atom is -0.494 e. The number of methoxy groups -OCH3 is 2. The van der Waals surface area contributed by atoms with E-state index in [1.807, 2.05) is 0 Å². The van der Waals surface area contributed by atoms with Crippen LogP contribution >= 0.6 is 11.3 Å². The van der Waals surface area contributed by atoms with Crippen LogP contribution in [0.3, 0.4) is 0 Å². The summed E-state index contributed by atoms with van der Waals surface area (Å²) < 4.78 is 48.6. The first-order valence-electron chi connectivity index (χ1n) is 8.50. The lowest BCUT2D eigenvalue weighted by Crippen LogP contribution is -2.16. The Morgan fingerprint density at radius 1 is 1.00 bits per heavy atom. The van der Waals surface area contributed by atoms with E-state index in [1.165, 1.54) is 6.07 Å². The Morgan fingerprint density at radius 3 is 2.24 bits per heavy atom. The second-order valence-electron chi connectivity index (χ2n) is 5.42. The maximum Gasteiger partial charge on any atom is 0.349 e. The lowest BCUT2D eigenvalue weighted by atomic mass is 10.3. The van der Waals surface area contributed by atoms with Gasteiger partial charge in [0.05, 0.1) is 33.1 Å². The topological polar surface area (TPSA) is 117 Å². The molecule has 2 rings (SSSR count). The van der Waals surface area contributed by atoms with E-state index in [-0.39, 0.29) is 21.2 Å². The van der Waals surface area contributed by atoms with Gasteiger partial charge in [0.15, 0.2) is 0 Å². The Kier molecular flexibility index (Phi) is 7.46. The SMILES string of the molecule is CCOc1ccc(OCC)c(NS(=O)(=O)c2cc(C(=O)OC)sc2C(=O)OC)c1. The van der Waals surface area contributed by atoms with E-state index in [2.05, 4.69) is 14.2 Å². The van der Waals surface area contributed by atoms with Gasteiger partial charge in [-0.1, -0.05) is 0 Å². The Balaban J connectivity index is 2.53. The van der Waals surface area contributed by atoms with Crippen molar-refractivity contribution in [1.29, 1.82) is 0 Å². The lowest BCUT2D eigenvalue weighted by molar-refractivity contribution is 0.0596. The highest BCUT2D eigenvalue weighted by molar-refractivity contribution is 7.93. The molecule has 11 heteroatoms. The largest absolute Gasteiger partial charge is 0.494 e. The van der Waals surface area contributed by atoms with E-state index in [9.17, 15) is 18.0 Å². The van der Waals surface area contributed by atoms with Crippen molar-refractivity contribution in [2.75, 3.05) is 32.2 Å². The van der Waals surface area contributed by atoms with Gasteiger partial charge in [-0.2, -0.15) is 0 Å². The number of thiophene rings is 1. The van der Waals surface area contributed by atoms with Crippen LogP contribution in [0.1, 0.15) is 33.2 Å². The van der Waals surface area contributed by atoms with E-state index in [1.54, 1.807) is 26.0 Å². The number of rotatable bonds is 9. The van der Waals surface area contributed by atoms with Crippen LogP contribution in [0.2, 0.25) is 0 Å². The van der Waals surface area contributed by atoms with Crippen molar-refractivity contribution in [3.8, 4) is 11.5 Å². The fraction of sp³-hybridized carbons (Fsp3) is 0.333. The zero-order valence-corrected chi connectivity index (χ0v) is 17.9. The second kappa shape index (κ2) is 9.61. The molecule has 1 heterocycles. The molecule has 0 atom stereocenters. The van der Waals surface area contributed by atoms with Crippen LogP contribution < -0.4 is 14.2 Å². The number of hydrogen-bond acceptors (Lipinski definition) is 9. The summed E-state index contributed by atoms with van der Waals surface area (Å²) in [5, 5.41) is 0. The van der Waals surface area contributed by atoms with Gasteiger partial charge in [0.25, 0.3) is 10.0 Å². The zero-order chi connectivity index (χ0) is 21.6. The molecule has 0 bridgehead atoms. The van der Waals surface area contributed by atoms with Crippen LogP contribution in [0, 0.1) is 0 Å². The minimum absolute atomic E-state index is 0.0543. The molecule has 0 aliphatic rings. The van der Waals surface area contributed by atoms with Gasteiger partial charge in [-0.15, -0.1) is 11.3 Å². The third-order valence-corrected chi connectivity index (χ3v) is 6.17. The van der Waals surface area contributed by atoms with Crippen LogP contribution in [0.15, 0.2) is 29.2 Å². The van der Waals surface area contributed by atoms with Gasteiger partial charge >= 0.3 is 11.9 Å². The number of esters is 2. The Labute approximate surface area is 172 Å². The molecular weight excluding hydrogens is 422 g/mol. The molecule has 0 aliphatic heterocycles. The first kappa shape index (κ1) is 22.5. The summed E-state index contributed by atoms with van der Waals surface area (Å²) in [5.41, 5.74) is 0.124. The van der Waals surface area contributed by atoms with Gasteiger partial charge in [0, 0.05) is 6.07 Å². The molecule has 0 unspecified atom stereocenters. The highest BCUT2D eigenvalue weighted by Gasteiger charge is 2.30. The van der Waals surface area contributed by atoms with Gasteiger partial charge in [-0.05, 0) is 32.0 Å². The molecule has 2 aromatic rings. The molecule has 158 valence electrons. The lowest BCUT2D eigenvalue weighted by Gasteiger charge is -2.14. The molecule has 1 N–H and O–H groups in total. The quantitative estimate of drug-likeness (QED) is 0.588. The average Bonchev–Trinajstić information content (AvgIpc) is 3.15. The summed E-state index contributed by atoms with van der Waals surface area (Å²) in [6.07, 6.45) is 0. The van der Waals surface area contributed by atoms with Crippen molar-refractivity contribution in [2.24, 2.45) is 0 Å². The first-order valence-corrected chi connectivity index (χ1v) is 10.8. The second-order valence-corrected chi connectivity index (χ2v) is 8.12. The summed E-state index contributed by atoms with van der Waals surface area (Å²) in [4.78, 5) is 23.2. The average molecular weight is 443 g/mol. The van der Waals surface area contributed by atoms with E-state index in [0.717, 1.165) is 20.3 Å². The Morgan fingerprint density at radius 2 is 1.66 bits per heavy atom. The summed E-state index contributed by atoms with van der Waals surface area (Å²) >= 11 is 0.664. The molecule has 0 spiro atoms. The number of carbonyl (C=O) groups excluding carboxylic acids is 2. The molecule has 1 aromatic heterocycles. The molecule has 0 amide bonds. The molecule has 0 saturated carbocycles. The van der Waals surface area contributed by atoms with E-state index in [4.69, 9.17) is 9.47 Å². The number of sulfonamides is 1. The third kappa shape index (κ3) is 5.18. The maximum atomic E-state index is 13.0. The van der Waals surface area contributed by atoms with Crippen LogP contribution in [-0.2, 0) is 19.5 Å². The predicted molar refractivity (Wildman–Crippen MR) is 107 cm³/mol. The van der Waals surface area contributed by atoms with Gasteiger partial charge in [-0.25, -0.2) is 18.0 Å². The summed E-state index contributed by atoms with van der Waals surface area (Å²) in [6, 6.07) is 5.75. The highest BCUT2D eigenvalue weighted by atomic mass is 32.2. The van der Waals surface area contributed by atoms with Crippen LogP contribution in [0.25, 0.3) is 0 Å². The van der Waals surface area contributed by atoms with Gasteiger partial charge in [-0.3, -0.25) is 4.72 Å². The van der Waals surface area contributed by atoms with Gasteiger partial charge in [0.2, 0.25) is 0 Å². The summed E-state index contributed by atoms with van der Waals surface area (Å²) in [6.45, 7) is 4.25. The Bertz CT molecular complexity index is 997. The third-order valence-electron chi connectivity index (χ3n) is 3.55. The summed E-state index contributed by atoms with van der Waals surface area (Å²) in [5.74, 6) is -0.946. The predicted octanol–water partition coefficient (Wildman–Crippen LogP) is 2.92. The van der Waals surface area contributed by atoms with Crippen molar-refractivity contribution >= 4 is 39.0 Å². The fourth-order valence-electron chi connectivity index (χ4n) is 2.34. The molecule has 0 aliphatic carbocycles. The van der Waals surface area contributed by atoms with Crippen molar-refractivity contribution in [1.82, 2.24) is 0 Å². The summed E-state index contributed by atoms with van der Waals surface area (Å²) in [7, 11) is -2.01. The van der Waals surface area contributed by atoms with Crippen LogP contribution in [-0.4, -0.2) is 47.8 Å².